The molecule has 2 heterocycles. The molecule has 1 aromatic heterocycles. The molecular weight excluding hydrogens is 326 g/mol. The van der Waals surface area contributed by atoms with E-state index in [1.807, 2.05) is 26.0 Å². The van der Waals surface area contributed by atoms with E-state index in [0.717, 1.165) is 5.56 Å². The smallest absolute Gasteiger partial charge is 0.261 e. The largest absolute Gasteiger partial charge is 0.306 e. The molecular formula is C14H16ClN3O3S. The first kappa shape index (κ1) is 15.6. The molecule has 0 bridgehead atoms. The van der Waals surface area contributed by atoms with E-state index >= 15 is 0 Å². The van der Waals surface area contributed by atoms with Gasteiger partial charge in [0.05, 0.1) is 6.54 Å². The molecule has 0 radical (unpaired) electrons. The predicted molar refractivity (Wildman–Crippen MR) is 82.1 cm³/mol. The summed E-state index contributed by atoms with van der Waals surface area (Å²) in [6, 6.07) is 7.28. The summed E-state index contributed by atoms with van der Waals surface area (Å²) < 4.78 is 24.9. The minimum Gasteiger partial charge on any atom is -0.261 e. The average Bonchev–Trinajstić information content (AvgIpc) is 3.08. The first-order chi connectivity index (χ1) is 10.5. The minimum absolute atomic E-state index is 0.102. The second-order valence-corrected chi connectivity index (χ2v) is 6.74. The topological polar surface area (TPSA) is 66.2 Å². The number of nitrogens with zero attached hydrogens (tertiary/aromatic N) is 3. The normalized spacial score (nSPS) is 28.4. The first-order valence-corrected chi connectivity index (χ1v) is 8.26. The molecule has 2 aromatic rings. The van der Waals surface area contributed by atoms with E-state index in [1.54, 1.807) is 23.1 Å². The van der Waals surface area contributed by atoms with Crippen LogP contribution in [0.2, 0.25) is 5.02 Å². The SMILES string of the molecule is CC(C)[C@H]1O[S@@](=O)O[C@]1(Cn1cncn1)c1ccc(Cl)cc1. The van der Waals surface area contributed by atoms with Gasteiger partial charge in [-0.3, -0.25) is 8.37 Å². The highest BCUT2D eigenvalue weighted by Gasteiger charge is 2.53. The summed E-state index contributed by atoms with van der Waals surface area (Å²) in [6.45, 7) is 4.36. The van der Waals surface area contributed by atoms with Gasteiger partial charge in [0.2, 0.25) is 0 Å². The Kier molecular flexibility index (Phi) is 4.31. The lowest BCUT2D eigenvalue weighted by molar-refractivity contribution is -0.00942. The van der Waals surface area contributed by atoms with E-state index < -0.39 is 17.0 Å². The molecule has 22 heavy (non-hydrogen) atoms. The molecule has 0 saturated carbocycles. The van der Waals surface area contributed by atoms with E-state index in [0.29, 0.717) is 11.6 Å². The Bertz CT molecular complexity index is 662. The maximum atomic E-state index is 11.9. The first-order valence-electron chi connectivity index (χ1n) is 6.88. The molecule has 0 unspecified atom stereocenters. The molecule has 118 valence electrons. The second kappa shape index (κ2) is 6.08. The standard InChI is InChI=1S/C14H16ClN3O3S/c1-10(2)13-14(21-22(19)20-13,7-18-9-16-8-17-18)11-3-5-12(15)6-4-11/h3-6,8-10,13H,7H2,1-2H3/t13-,14-,22-/m1/s1. The molecule has 1 aliphatic rings. The number of aromatic nitrogens is 3. The molecule has 8 heteroatoms. The summed E-state index contributed by atoms with van der Waals surface area (Å²) >= 11 is 4.17. The van der Waals surface area contributed by atoms with Gasteiger partial charge in [-0.1, -0.05) is 37.6 Å². The van der Waals surface area contributed by atoms with Crippen molar-refractivity contribution in [2.24, 2.45) is 5.92 Å². The molecule has 3 rings (SSSR count). The average molecular weight is 342 g/mol. The lowest BCUT2D eigenvalue weighted by Crippen LogP contribution is -2.44. The number of hydrogen-bond donors (Lipinski definition) is 0. The van der Waals surface area contributed by atoms with Crippen molar-refractivity contribution < 1.29 is 12.6 Å². The van der Waals surface area contributed by atoms with Crippen molar-refractivity contribution in [2.45, 2.75) is 32.1 Å². The maximum absolute atomic E-state index is 11.9. The Morgan fingerprint density at radius 1 is 1.41 bits per heavy atom. The van der Waals surface area contributed by atoms with Crippen LogP contribution in [0.4, 0.5) is 0 Å². The van der Waals surface area contributed by atoms with E-state index in [9.17, 15) is 4.21 Å². The molecule has 1 fully saturated rings. The molecule has 3 atom stereocenters. The molecule has 1 aromatic carbocycles. The summed E-state index contributed by atoms with van der Waals surface area (Å²) in [5, 5.41) is 4.76. The monoisotopic (exact) mass is 341 g/mol. The van der Waals surface area contributed by atoms with Gasteiger partial charge < -0.3 is 0 Å². The van der Waals surface area contributed by atoms with Crippen molar-refractivity contribution in [1.29, 1.82) is 0 Å². The predicted octanol–water partition coefficient (Wildman–Crippen LogP) is 2.48. The van der Waals surface area contributed by atoms with Crippen molar-refractivity contribution in [3.8, 4) is 0 Å². The van der Waals surface area contributed by atoms with Gasteiger partial charge in [-0.15, -0.1) is 0 Å². The van der Waals surface area contributed by atoms with Crippen LogP contribution in [-0.2, 0) is 31.9 Å². The Balaban J connectivity index is 2.08. The van der Waals surface area contributed by atoms with Crippen molar-refractivity contribution in [2.75, 3.05) is 0 Å². The molecule has 0 spiro atoms. The van der Waals surface area contributed by atoms with Crippen molar-refractivity contribution in [3.63, 3.8) is 0 Å². The quantitative estimate of drug-likeness (QED) is 0.854. The van der Waals surface area contributed by atoms with Crippen LogP contribution in [0, 0.1) is 5.92 Å². The van der Waals surface area contributed by atoms with Gasteiger partial charge >= 0.3 is 11.4 Å². The van der Waals surface area contributed by atoms with Gasteiger partial charge in [-0.2, -0.15) is 9.31 Å². The van der Waals surface area contributed by atoms with Crippen LogP contribution in [0.3, 0.4) is 0 Å². The summed E-state index contributed by atoms with van der Waals surface area (Å²) in [6.07, 6.45) is 2.67. The van der Waals surface area contributed by atoms with Gasteiger partial charge in [0.15, 0.2) is 5.60 Å². The van der Waals surface area contributed by atoms with Gasteiger partial charge in [0.25, 0.3) is 0 Å². The third-order valence-corrected chi connectivity index (χ3v) is 4.71. The molecule has 1 saturated heterocycles. The number of halogens is 1. The third kappa shape index (κ3) is 2.81. The number of rotatable bonds is 4. The highest BCUT2D eigenvalue weighted by atomic mass is 35.5. The van der Waals surface area contributed by atoms with E-state index in [4.69, 9.17) is 20.0 Å². The summed E-state index contributed by atoms with van der Waals surface area (Å²) in [7, 11) is 0. The van der Waals surface area contributed by atoms with E-state index in [2.05, 4.69) is 10.1 Å². The van der Waals surface area contributed by atoms with Crippen LogP contribution in [0.25, 0.3) is 0 Å². The van der Waals surface area contributed by atoms with Crippen LogP contribution in [0.5, 0.6) is 0 Å². The molecule has 0 aliphatic carbocycles. The Labute approximate surface area is 136 Å². The van der Waals surface area contributed by atoms with Crippen molar-refractivity contribution >= 4 is 23.0 Å². The van der Waals surface area contributed by atoms with Crippen molar-refractivity contribution in [1.82, 2.24) is 14.8 Å². The lowest BCUT2D eigenvalue weighted by atomic mass is 9.82. The van der Waals surface area contributed by atoms with Crippen LogP contribution >= 0.6 is 11.6 Å². The van der Waals surface area contributed by atoms with E-state index in [1.165, 1.54) is 6.33 Å². The van der Waals surface area contributed by atoms with Crippen LogP contribution in [0.1, 0.15) is 19.4 Å². The minimum atomic E-state index is -1.80. The third-order valence-electron chi connectivity index (χ3n) is 3.66. The lowest BCUT2D eigenvalue weighted by Gasteiger charge is -2.33. The van der Waals surface area contributed by atoms with Crippen LogP contribution < -0.4 is 0 Å². The number of benzene rings is 1. The number of hydrogen-bond acceptors (Lipinski definition) is 5. The summed E-state index contributed by atoms with van der Waals surface area (Å²) in [5.41, 5.74) is -0.0610. The second-order valence-electron chi connectivity index (χ2n) is 5.54. The summed E-state index contributed by atoms with van der Waals surface area (Å²) in [5.74, 6) is 0.102. The van der Waals surface area contributed by atoms with Gasteiger partial charge in [0.1, 0.15) is 18.8 Å². The molecule has 0 amide bonds. The Hall–Kier alpha value is -1.28. The fourth-order valence-corrected chi connectivity index (χ4v) is 3.91. The molecule has 6 nitrogen and oxygen atoms in total. The van der Waals surface area contributed by atoms with Gasteiger partial charge in [0, 0.05) is 5.02 Å². The fourth-order valence-electron chi connectivity index (χ4n) is 2.71. The zero-order chi connectivity index (χ0) is 15.7. The summed E-state index contributed by atoms with van der Waals surface area (Å²) in [4.78, 5) is 3.95. The van der Waals surface area contributed by atoms with E-state index in [-0.39, 0.29) is 12.0 Å². The molecule has 1 aliphatic heterocycles. The zero-order valence-corrected chi connectivity index (χ0v) is 13.8. The highest BCUT2D eigenvalue weighted by Crippen LogP contribution is 2.43. The molecule has 0 N–H and O–H groups in total. The van der Waals surface area contributed by atoms with Gasteiger partial charge in [-0.05, 0) is 23.6 Å². The van der Waals surface area contributed by atoms with Crippen molar-refractivity contribution in [3.05, 3.63) is 47.5 Å². The van der Waals surface area contributed by atoms with Gasteiger partial charge in [-0.25, -0.2) is 9.67 Å². The Morgan fingerprint density at radius 3 is 2.73 bits per heavy atom. The highest BCUT2D eigenvalue weighted by molar-refractivity contribution is 7.75. The zero-order valence-electron chi connectivity index (χ0n) is 12.2. The van der Waals surface area contributed by atoms with Crippen LogP contribution in [0.15, 0.2) is 36.9 Å². The fraction of sp³-hybridized carbons (Fsp3) is 0.429. The maximum Gasteiger partial charge on any atom is 0.306 e. The Morgan fingerprint density at radius 2 is 2.14 bits per heavy atom. The van der Waals surface area contributed by atoms with Crippen LogP contribution in [-0.4, -0.2) is 25.1 Å².